The summed E-state index contributed by atoms with van der Waals surface area (Å²) >= 11 is 1.14. The van der Waals surface area contributed by atoms with Crippen molar-refractivity contribution in [1.82, 2.24) is 19.7 Å². The van der Waals surface area contributed by atoms with Crippen LogP contribution < -0.4 is 11.1 Å². The number of benzene rings is 2. The molecule has 2 heterocycles. The lowest BCUT2D eigenvalue weighted by molar-refractivity contribution is -0.143. The fraction of sp³-hybridized carbons (Fsp3) is 0.500. The highest BCUT2D eigenvalue weighted by molar-refractivity contribution is 7.99. The second kappa shape index (κ2) is 28.1. The minimum Gasteiger partial charge on any atom is -0.481 e. The van der Waals surface area contributed by atoms with Crippen LogP contribution in [-0.2, 0) is 54.3 Å². The predicted molar refractivity (Wildman–Crippen MR) is 248 cm³/mol. The smallest absolute Gasteiger partial charge is 0.307 e. The Balaban J connectivity index is 1.18. The van der Waals surface area contributed by atoms with Crippen molar-refractivity contribution < 1.29 is 61.6 Å². The Bertz CT molecular complexity index is 2110. The first-order valence-corrected chi connectivity index (χ1v) is 23.4. The number of carbonyl (C=O) groups excluding carboxylic acids is 5. The van der Waals surface area contributed by atoms with Crippen LogP contribution in [0.4, 0.5) is 8.78 Å². The maximum Gasteiger partial charge on any atom is 0.307 e. The quantitative estimate of drug-likeness (QED) is 0.0577. The number of rotatable bonds is 32. The Hall–Kier alpha value is -5.31. The van der Waals surface area contributed by atoms with Crippen molar-refractivity contribution in [2.75, 3.05) is 90.5 Å². The van der Waals surface area contributed by atoms with E-state index in [1.807, 2.05) is 55.7 Å². The number of thioether (sulfide) groups is 1. The van der Waals surface area contributed by atoms with Crippen molar-refractivity contribution in [3.05, 3.63) is 95.8 Å². The number of Topliss-reactive ketones (excluding diaryl/α,β-unsaturated/α-hetero) is 1. The maximum atomic E-state index is 15.1. The Morgan fingerprint density at radius 1 is 0.866 bits per heavy atom. The zero-order chi connectivity index (χ0) is 48.8. The van der Waals surface area contributed by atoms with E-state index < -0.39 is 52.7 Å². The molecule has 1 aliphatic heterocycles. The van der Waals surface area contributed by atoms with Gasteiger partial charge in [-0.05, 0) is 48.2 Å². The summed E-state index contributed by atoms with van der Waals surface area (Å²) in [5, 5.41) is 12.5. The van der Waals surface area contributed by atoms with E-state index in [1.165, 1.54) is 0 Å². The van der Waals surface area contributed by atoms with Gasteiger partial charge in [0.2, 0.25) is 11.8 Å². The molecule has 4 rings (SSSR count). The van der Waals surface area contributed by atoms with Crippen LogP contribution in [0.15, 0.2) is 72.9 Å². The van der Waals surface area contributed by atoms with Crippen molar-refractivity contribution in [3.63, 3.8) is 0 Å². The van der Waals surface area contributed by atoms with Crippen LogP contribution in [0.3, 0.4) is 0 Å². The van der Waals surface area contributed by atoms with Crippen molar-refractivity contribution in [1.29, 1.82) is 0 Å². The van der Waals surface area contributed by atoms with Gasteiger partial charge in [-0.1, -0.05) is 51.1 Å². The molecule has 0 saturated heterocycles. The molecule has 4 N–H and O–H groups in total. The number of imide groups is 1. The molecule has 0 saturated carbocycles. The third-order valence-electron chi connectivity index (χ3n) is 10.5. The monoisotopic (exact) mass is 955 g/mol. The summed E-state index contributed by atoms with van der Waals surface area (Å²) in [6, 6.07) is 14.2. The fourth-order valence-corrected chi connectivity index (χ4v) is 8.24. The minimum absolute atomic E-state index is 0.0136. The average Bonchev–Trinajstić information content (AvgIpc) is 3.83. The van der Waals surface area contributed by atoms with Gasteiger partial charge in [0.05, 0.1) is 70.6 Å². The van der Waals surface area contributed by atoms with E-state index in [-0.39, 0.29) is 87.7 Å². The summed E-state index contributed by atoms with van der Waals surface area (Å²) in [4.78, 5) is 76.7. The lowest BCUT2D eigenvalue weighted by atomic mass is 9.83. The number of nitrogens with zero attached hydrogens (tertiary/aromatic N) is 3. The highest BCUT2D eigenvalue weighted by Gasteiger charge is 2.37. The van der Waals surface area contributed by atoms with Crippen LogP contribution in [0.2, 0.25) is 0 Å². The van der Waals surface area contributed by atoms with Gasteiger partial charge < -0.3 is 44.6 Å². The van der Waals surface area contributed by atoms with E-state index >= 15 is 4.39 Å². The van der Waals surface area contributed by atoms with Gasteiger partial charge >= 0.3 is 5.97 Å². The zero-order valence-electron chi connectivity index (χ0n) is 38.4. The van der Waals surface area contributed by atoms with E-state index in [0.29, 0.717) is 57.1 Å². The Labute approximate surface area is 394 Å². The molecule has 0 radical (unpaired) electrons. The molecule has 366 valence electrons. The van der Waals surface area contributed by atoms with Gasteiger partial charge in [0.15, 0.2) is 0 Å². The molecule has 67 heavy (non-hydrogen) atoms. The summed E-state index contributed by atoms with van der Waals surface area (Å²) in [5.41, 5.74) is 7.63. The second-order valence-electron chi connectivity index (χ2n) is 16.8. The standard InChI is InChI=1S/C48H63F2N5O11S/c1-48(2,3)46(41-27-35(39-28-37(49)10-11-40(39)50)30-53(41)29-34-8-5-4-6-9-34)54(17-7-15-51)45(60)33-67-32-36(47(61)62)26-38(56)14-18-63-20-22-65-24-25-66-23-21-64-19-16-52-42(57)31-55-43(58)12-13-44(55)59/h4-6,8-13,27-28,30,36,46H,7,14-26,29,31-33,51H2,1-3H3,(H,52,57)(H,61,62)/t36-,46-/m0/s1. The Morgan fingerprint density at radius 3 is 2.10 bits per heavy atom. The van der Waals surface area contributed by atoms with Crippen LogP contribution in [-0.4, -0.2) is 145 Å². The Morgan fingerprint density at radius 2 is 1.49 bits per heavy atom. The van der Waals surface area contributed by atoms with Crippen LogP contribution in [0, 0.1) is 23.0 Å². The molecule has 0 spiro atoms. The number of aliphatic carboxylic acids is 1. The van der Waals surface area contributed by atoms with Crippen LogP contribution in [0.5, 0.6) is 0 Å². The molecule has 0 bridgehead atoms. The number of aromatic nitrogens is 1. The van der Waals surface area contributed by atoms with Crippen molar-refractivity contribution in [2.24, 2.45) is 17.1 Å². The minimum atomic E-state index is -1.14. The first-order valence-electron chi connectivity index (χ1n) is 22.2. The first kappa shape index (κ1) is 54.3. The van der Waals surface area contributed by atoms with Gasteiger partial charge in [-0.2, -0.15) is 11.8 Å². The van der Waals surface area contributed by atoms with Crippen molar-refractivity contribution in [3.8, 4) is 11.1 Å². The van der Waals surface area contributed by atoms with Gasteiger partial charge in [-0.15, -0.1) is 0 Å². The molecule has 3 aromatic rings. The normalized spacial score (nSPS) is 13.6. The highest BCUT2D eigenvalue weighted by Crippen LogP contribution is 2.41. The van der Waals surface area contributed by atoms with E-state index in [4.69, 9.17) is 24.7 Å². The number of nitrogens with two attached hydrogens (primary N) is 1. The van der Waals surface area contributed by atoms with Gasteiger partial charge in [0.1, 0.15) is 24.0 Å². The number of nitrogens with one attached hydrogen (secondary N) is 1. The number of halogens is 2. The number of carbonyl (C=O) groups is 6. The summed E-state index contributed by atoms with van der Waals surface area (Å²) < 4.78 is 53.3. The van der Waals surface area contributed by atoms with E-state index in [2.05, 4.69) is 5.32 Å². The molecule has 2 atom stereocenters. The number of ketones is 1. The molecule has 2 aromatic carbocycles. The molecule has 1 aliphatic rings. The van der Waals surface area contributed by atoms with E-state index in [0.717, 1.165) is 52.6 Å². The molecular formula is C48H63F2N5O11S. The number of ether oxygens (including phenoxy) is 4. The molecule has 16 nitrogen and oxygen atoms in total. The lowest BCUT2D eigenvalue weighted by Crippen LogP contribution is -2.44. The summed E-state index contributed by atoms with van der Waals surface area (Å²) in [7, 11) is 0. The Kier molecular flexibility index (Phi) is 22.8. The lowest BCUT2D eigenvalue weighted by Gasteiger charge is -2.41. The number of hydrogen-bond acceptors (Lipinski definition) is 12. The summed E-state index contributed by atoms with van der Waals surface area (Å²) in [6.07, 6.45) is 4.28. The number of carboxylic acids is 1. The number of carboxylic acid groups (broad SMARTS) is 1. The van der Waals surface area contributed by atoms with Crippen molar-refractivity contribution >= 4 is 47.1 Å². The van der Waals surface area contributed by atoms with Crippen LogP contribution >= 0.6 is 11.8 Å². The van der Waals surface area contributed by atoms with Gasteiger partial charge in [0, 0.05) is 73.4 Å². The molecular weight excluding hydrogens is 893 g/mol. The average molecular weight is 956 g/mol. The zero-order valence-corrected chi connectivity index (χ0v) is 39.2. The third kappa shape index (κ3) is 18.4. The van der Waals surface area contributed by atoms with E-state index in [9.17, 15) is 38.3 Å². The highest BCUT2D eigenvalue weighted by atomic mass is 32.2. The predicted octanol–water partition coefficient (Wildman–Crippen LogP) is 4.64. The van der Waals surface area contributed by atoms with Crippen molar-refractivity contribution in [2.45, 2.75) is 52.6 Å². The number of amides is 4. The maximum absolute atomic E-state index is 15.1. The largest absolute Gasteiger partial charge is 0.481 e. The molecule has 0 unspecified atom stereocenters. The second-order valence-corrected chi connectivity index (χ2v) is 17.9. The van der Waals surface area contributed by atoms with Gasteiger partial charge in [-0.25, -0.2) is 8.78 Å². The van der Waals surface area contributed by atoms with Crippen LogP contribution in [0.25, 0.3) is 11.1 Å². The SMILES string of the molecule is CC(C)(C)[C@H](c1cc(-c2cc(F)ccc2F)cn1Cc1ccccc1)N(CCCN)C(=O)CSC[C@H](CC(=O)CCOCCOCCOCCOCCNC(=O)CN1C(=O)C=CC1=O)C(=O)O. The molecule has 0 aliphatic carbocycles. The van der Waals surface area contributed by atoms with Crippen LogP contribution in [0.1, 0.15) is 57.3 Å². The molecule has 19 heteroatoms. The molecule has 4 amide bonds. The molecule has 1 aromatic heterocycles. The third-order valence-corrected chi connectivity index (χ3v) is 11.6. The molecule has 0 fully saturated rings. The van der Waals surface area contributed by atoms with Gasteiger partial charge in [0.25, 0.3) is 11.8 Å². The van der Waals surface area contributed by atoms with E-state index in [1.54, 1.807) is 17.2 Å². The summed E-state index contributed by atoms with van der Waals surface area (Å²) in [6.45, 7) is 8.83. The number of hydrogen-bond donors (Lipinski definition) is 3. The topological polar surface area (TPSA) is 209 Å². The first-order chi connectivity index (χ1) is 32.1. The van der Waals surface area contributed by atoms with Gasteiger partial charge in [-0.3, -0.25) is 33.7 Å². The summed E-state index contributed by atoms with van der Waals surface area (Å²) in [5.74, 6) is -5.42. The fourth-order valence-electron chi connectivity index (χ4n) is 7.23.